The Morgan fingerprint density at radius 3 is 1.96 bits per heavy atom. The lowest BCUT2D eigenvalue weighted by Gasteiger charge is -2.17. The molecule has 0 spiro atoms. The van der Waals surface area contributed by atoms with Crippen molar-refractivity contribution >= 4 is 22.9 Å². The van der Waals surface area contributed by atoms with Crippen molar-refractivity contribution in [1.82, 2.24) is 0 Å². The molecule has 2 nitrogen and oxygen atoms in total. The standard InChI is InChI=1S/C22H27ClO2/c1-14(9-8-10-15(2)13-21(23)24)11-12-20-16(3)18(5)22(25-7)19(6)17(20)4/h8-13H,1-7H3/b10-8+,12-11+,14-9+,15-13+. The largest absolute Gasteiger partial charge is 0.496 e. The van der Waals surface area contributed by atoms with Crippen LogP contribution in [-0.2, 0) is 4.79 Å². The van der Waals surface area contributed by atoms with Crippen molar-refractivity contribution in [2.75, 3.05) is 7.11 Å². The summed E-state index contributed by atoms with van der Waals surface area (Å²) >= 11 is 5.32. The molecular formula is C22H27ClO2. The van der Waals surface area contributed by atoms with Crippen molar-refractivity contribution in [3.63, 3.8) is 0 Å². The minimum atomic E-state index is -0.459. The smallest absolute Gasteiger partial charge is 0.245 e. The number of allylic oxidation sites excluding steroid dienone is 7. The summed E-state index contributed by atoms with van der Waals surface area (Å²) in [6.45, 7) is 12.3. The molecule has 0 fully saturated rings. The first-order valence-corrected chi connectivity index (χ1v) is 8.62. The van der Waals surface area contributed by atoms with Gasteiger partial charge < -0.3 is 4.74 Å². The molecule has 0 saturated carbocycles. The molecule has 0 heterocycles. The van der Waals surface area contributed by atoms with Crippen LogP contribution in [0.1, 0.15) is 41.7 Å². The van der Waals surface area contributed by atoms with Crippen LogP contribution < -0.4 is 4.74 Å². The fraction of sp³-hybridized carbons (Fsp3) is 0.318. The monoisotopic (exact) mass is 358 g/mol. The van der Waals surface area contributed by atoms with Gasteiger partial charge in [-0.15, -0.1) is 0 Å². The van der Waals surface area contributed by atoms with Gasteiger partial charge in [-0.2, -0.15) is 0 Å². The summed E-state index contributed by atoms with van der Waals surface area (Å²) in [5.41, 5.74) is 8.00. The highest BCUT2D eigenvalue weighted by Gasteiger charge is 2.13. The third kappa shape index (κ3) is 5.75. The van der Waals surface area contributed by atoms with Crippen LogP contribution >= 0.6 is 11.6 Å². The zero-order chi connectivity index (χ0) is 19.1. The third-order valence-electron chi connectivity index (χ3n) is 4.39. The number of benzene rings is 1. The lowest BCUT2D eigenvalue weighted by molar-refractivity contribution is -0.107. The normalized spacial score (nSPS) is 13.1. The average Bonchev–Trinajstić information content (AvgIpc) is 2.53. The van der Waals surface area contributed by atoms with E-state index >= 15 is 0 Å². The van der Waals surface area contributed by atoms with Crippen molar-refractivity contribution in [1.29, 1.82) is 0 Å². The first-order chi connectivity index (χ1) is 11.7. The Morgan fingerprint density at radius 1 is 0.920 bits per heavy atom. The Balaban J connectivity index is 3.08. The Labute approximate surface area is 156 Å². The molecule has 1 aromatic rings. The fourth-order valence-corrected chi connectivity index (χ4v) is 2.88. The number of rotatable bonds is 6. The summed E-state index contributed by atoms with van der Waals surface area (Å²) in [7, 11) is 1.72. The number of methoxy groups -OCH3 is 1. The van der Waals surface area contributed by atoms with Crippen LogP contribution in [0.2, 0.25) is 0 Å². The molecule has 0 radical (unpaired) electrons. The molecule has 0 aromatic heterocycles. The first-order valence-electron chi connectivity index (χ1n) is 8.24. The summed E-state index contributed by atoms with van der Waals surface area (Å²) in [6.07, 6.45) is 11.4. The van der Waals surface area contributed by atoms with Crippen LogP contribution in [0.5, 0.6) is 5.75 Å². The van der Waals surface area contributed by atoms with E-state index in [0.29, 0.717) is 0 Å². The Bertz CT molecular complexity index is 749. The van der Waals surface area contributed by atoms with E-state index in [1.807, 2.05) is 32.1 Å². The summed E-state index contributed by atoms with van der Waals surface area (Å²) in [4.78, 5) is 10.8. The molecule has 3 heteroatoms. The third-order valence-corrected chi connectivity index (χ3v) is 4.50. The van der Waals surface area contributed by atoms with Crippen LogP contribution in [0.15, 0.2) is 41.5 Å². The highest BCUT2D eigenvalue weighted by atomic mass is 35.5. The lowest BCUT2D eigenvalue weighted by atomic mass is 9.92. The lowest BCUT2D eigenvalue weighted by Crippen LogP contribution is -2.00. The second kappa shape index (κ2) is 9.43. The van der Waals surface area contributed by atoms with Gasteiger partial charge in [0.25, 0.3) is 0 Å². The molecule has 134 valence electrons. The molecule has 0 saturated heterocycles. The van der Waals surface area contributed by atoms with Crippen molar-refractivity contribution in [2.45, 2.75) is 41.5 Å². The topological polar surface area (TPSA) is 26.3 Å². The van der Waals surface area contributed by atoms with Crippen molar-refractivity contribution in [2.24, 2.45) is 0 Å². The molecule has 1 rings (SSSR count). The minimum absolute atomic E-state index is 0.459. The van der Waals surface area contributed by atoms with Crippen molar-refractivity contribution in [3.05, 3.63) is 69.3 Å². The van der Waals surface area contributed by atoms with Gasteiger partial charge in [0.05, 0.1) is 7.11 Å². The molecule has 1 aromatic carbocycles. The summed E-state index contributed by atoms with van der Waals surface area (Å²) in [5.74, 6) is 0.971. The molecule has 0 aliphatic carbocycles. The summed E-state index contributed by atoms with van der Waals surface area (Å²) < 4.78 is 5.54. The van der Waals surface area contributed by atoms with E-state index < -0.39 is 5.24 Å². The number of ether oxygens (including phenoxy) is 1. The second-order valence-corrected chi connectivity index (χ2v) is 6.62. The molecule has 25 heavy (non-hydrogen) atoms. The van der Waals surface area contributed by atoms with Gasteiger partial charge in [0.15, 0.2) is 0 Å². The molecule has 0 N–H and O–H groups in total. The number of carbonyl (C=O) groups excluding carboxylic acids is 1. The van der Waals surface area contributed by atoms with Crippen LogP contribution in [0, 0.1) is 27.7 Å². The number of hydrogen-bond donors (Lipinski definition) is 0. The quantitative estimate of drug-likeness (QED) is 0.346. The second-order valence-electron chi connectivity index (χ2n) is 6.24. The minimum Gasteiger partial charge on any atom is -0.496 e. The van der Waals surface area contributed by atoms with E-state index in [9.17, 15) is 4.79 Å². The van der Waals surface area contributed by atoms with Crippen LogP contribution in [0.4, 0.5) is 0 Å². The zero-order valence-corrected chi connectivity index (χ0v) is 16.9. The predicted molar refractivity (Wildman–Crippen MR) is 108 cm³/mol. The van der Waals surface area contributed by atoms with Crippen LogP contribution in [-0.4, -0.2) is 12.4 Å². The van der Waals surface area contributed by atoms with Crippen molar-refractivity contribution < 1.29 is 9.53 Å². The van der Waals surface area contributed by atoms with E-state index in [4.69, 9.17) is 16.3 Å². The molecular weight excluding hydrogens is 332 g/mol. The van der Waals surface area contributed by atoms with Gasteiger partial charge >= 0.3 is 0 Å². The average molecular weight is 359 g/mol. The van der Waals surface area contributed by atoms with Crippen LogP contribution in [0.3, 0.4) is 0 Å². The molecule has 0 bridgehead atoms. The van der Waals surface area contributed by atoms with Gasteiger partial charge in [-0.05, 0) is 86.5 Å². The van der Waals surface area contributed by atoms with E-state index in [1.165, 1.54) is 33.9 Å². The molecule has 0 unspecified atom stereocenters. The molecule has 0 amide bonds. The Morgan fingerprint density at radius 2 is 1.48 bits per heavy atom. The number of hydrogen-bond acceptors (Lipinski definition) is 2. The SMILES string of the molecule is COc1c(C)c(C)c(/C=C/C(C)=C/C=C/C(C)=C/C(=O)Cl)c(C)c1C. The number of carbonyl (C=O) groups is 1. The van der Waals surface area contributed by atoms with Gasteiger partial charge in [-0.25, -0.2) is 0 Å². The fourth-order valence-electron chi connectivity index (χ4n) is 2.71. The molecule has 0 aliphatic rings. The maximum atomic E-state index is 10.8. The van der Waals surface area contributed by atoms with Gasteiger partial charge in [0.1, 0.15) is 5.75 Å². The van der Waals surface area contributed by atoms with Gasteiger partial charge in [-0.3, -0.25) is 4.79 Å². The molecule has 0 atom stereocenters. The Hall–Kier alpha value is -2.06. The first kappa shape index (κ1) is 21.0. The van der Waals surface area contributed by atoms with E-state index in [1.54, 1.807) is 7.11 Å². The van der Waals surface area contributed by atoms with Crippen molar-refractivity contribution in [3.8, 4) is 5.75 Å². The van der Waals surface area contributed by atoms with Gasteiger partial charge in [0, 0.05) is 6.08 Å². The highest BCUT2D eigenvalue weighted by molar-refractivity contribution is 6.66. The van der Waals surface area contributed by atoms with Gasteiger partial charge in [0.2, 0.25) is 5.24 Å². The van der Waals surface area contributed by atoms with E-state index in [-0.39, 0.29) is 0 Å². The summed E-state index contributed by atoms with van der Waals surface area (Å²) in [6, 6.07) is 0. The maximum Gasteiger partial charge on any atom is 0.245 e. The summed E-state index contributed by atoms with van der Waals surface area (Å²) in [5, 5.41) is -0.459. The van der Waals surface area contributed by atoms with E-state index in [0.717, 1.165) is 16.9 Å². The number of halogens is 1. The molecule has 0 aliphatic heterocycles. The highest BCUT2D eigenvalue weighted by Crippen LogP contribution is 2.33. The maximum absolute atomic E-state index is 10.8. The Kier molecular flexibility index (Phi) is 7.92. The van der Waals surface area contributed by atoms with E-state index in [2.05, 4.69) is 39.8 Å². The zero-order valence-electron chi connectivity index (χ0n) is 16.2. The van der Waals surface area contributed by atoms with Crippen LogP contribution in [0.25, 0.3) is 6.08 Å². The van der Waals surface area contributed by atoms with Gasteiger partial charge in [-0.1, -0.05) is 36.0 Å². The predicted octanol–water partition coefficient (Wildman–Crippen LogP) is 6.16.